The van der Waals surface area contributed by atoms with Crippen LogP contribution in [0.25, 0.3) is 0 Å². The fourth-order valence-electron chi connectivity index (χ4n) is 2.29. The number of hydrogen-bond donors (Lipinski definition) is 1. The lowest BCUT2D eigenvalue weighted by atomic mass is 9.74. The minimum atomic E-state index is 0.817. The highest BCUT2D eigenvalue weighted by molar-refractivity contribution is 4.77. The molecule has 11 heavy (non-hydrogen) atoms. The summed E-state index contributed by atoms with van der Waals surface area (Å²) in [6.07, 6.45) is 5.57. The van der Waals surface area contributed by atoms with Crippen LogP contribution in [-0.4, -0.2) is 6.54 Å². The van der Waals surface area contributed by atoms with E-state index in [-0.39, 0.29) is 0 Å². The van der Waals surface area contributed by atoms with Gasteiger partial charge in [-0.05, 0) is 37.1 Å². The van der Waals surface area contributed by atoms with Crippen LogP contribution >= 0.6 is 0 Å². The Kier molecular flexibility index (Phi) is 3.38. The molecule has 0 spiro atoms. The molecule has 3 unspecified atom stereocenters. The number of rotatable bonds is 2. The van der Waals surface area contributed by atoms with E-state index in [0.717, 1.165) is 24.3 Å². The van der Waals surface area contributed by atoms with Crippen molar-refractivity contribution >= 4 is 0 Å². The molecule has 0 amide bonds. The first-order chi connectivity index (χ1) is 5.27. The third kappa shape index (κ3) is 2.19. The van der Waals surface area contributed by atoms with Gasteiger partial charge in [-0.1, -0.05) is 26.7 Å². The van der Waals surface area contributed by atoms with Crippen LogP contribution in [0.2, 0.25) is 0 Å². The zero-order valence-electron chi connectivity index (χ0n) is 7.84. The Labute approximate surface area is 70.4 Å². The molecule has 0 radical (unpaired) electrons. The average Bonchev–Trinajstić information content (AvgIpc) is 2.04. The molecule has 66 valence electrons. The van der Waals surface area contributed by atoms with E-state index < -0.39 is 0 Å². The highest BCUT2D eigenvalue weighted by Gasteiger charge is 2.25. The van der Waals surface area contributed by atoms with Crippen molar-refractivity contribution in [3.8, 4) is 0 Å². The van der Waals surface area contributed by atoms with E-state index in [4.69, 9.17) is 5.73 Å². The van der Waals surface area contributed by atoms with Crippen LogP contribution < -0.4 is 5.73 Å². The summed E-state index contributed by atoms with van der Waals surface area (Å²) in [5.74, 6) is 2.68. The van der Waals surface area contributed by atoms with Gasteiger partial charge in [0.15, 0.2) is 0 Å². The van der Waals surface area contributed by atoms with E-state index >= 15 is 0 Å². The summed E-state index contributed by atoms with van der Waals surface area (Å²) in [7, 11) is 0. The number of nitrogens with two attached hydrogens (primary N) is 1. The van der Waals surface area contributed by atoms with Gasteiger partial charge in [0.1, 0.15) is 0 Å². The molecule has 1 aliphatic carbocycles. The largest absolute Gasteiger partial charge is 0.330 e. The lowest BCUT2D eigenvalue weighted by molar-refractivity contribution is 0.195. The van der Waals surface area contributed by atoms with Gasteiger partial charge in [0.05, 0.1) is 0 Å². The van der Waals surface area contributed by atoms with Crippen molar-refractivity contribution in [1.82, 2.24) is 0 Å². The first kappa shape index (κ1) is 9.05. The molecule has 0 aromatic rings. The van der Waals surface area contributed by atoms with Crippen molar-refractivity contribution in [1.29, 1.82) is 0 Å². The standard InChI is InChI=1S/C10H21N/c1-3-9-4-5-10(7-11)8(2)6-9/h8-10H,3-7,11H2,1-2H3. The van der Waals surface area contributed by atoms with Gasteiger partial charge in [0.2, 0.25) is 0 Å². The molecule has 0 aromatic heterocycles. The van der Waals surface area contributed by atoms with E-state index in [1.807, 2.05) is 0 Å². The van der Waals surface area contributed by atoms with Crippen LogP contribution in [0.5, 0.6) is 0 Å². The molecule has 0 saturated heterocycles. The van der Waals surface area contributed by atoms with Gasteiger partial charge in [-0.3, -0.25) is 0 Å². The topological polar surface area (TPSA) is 26.0 Å². The maximum atomic E-state index is 5.68. The van der Waals surface area contributed by atoms with Crippen molar-refractivity contribution in [2.75, 3.05) is 6.54 Å². The van der Waals surface area contributed by atoms with Gasteiger partial charge in [-0.25, -0.2) is 0 Å². The van der Waals surface area contributed by atoms with Crippen molar-refractivity contribution in [3.63, 3.8) is 0 Å². The van der Waals surface area contributed by atoms with E-state index in [0.29, 0.717) is 0 Å². The summed E-state index contributed by atoms with van der Waals surface area (Å²) >= 11 is 0. The Morgan fingerprint density at radius 2 is 2.09 bits per heavy atom. The minimum Gasteiger partial charge on any atom is -0.330 e. The smallest absolute Gasteiger partial charge is 0.00463 e. The third-order valence-corrected chi connectivity index (χ3v) is 3.34. The summed E-state index contributed by atoms with van der Waals surface area (Å²) in [5, 5.41) is 0. The Morgan fingerprint density at radius 1 is 1.36 bits per heavy atom. The Bertz CT molecular complexity index is 111. The minimum absolute atomic E-state index is 0.817. The summed E-state index contributed by atoms with van der Waals surface area (Å²) < 4.78 is 0. The molecule has 1 saturated carbocycles. The van der Waals surface area contributed by atoms with Crippen molar-refractivity contribution in [2.45, 2.75) is 39.5 Å². The monoisotopic (exact) mass is 155 g/mol. The van der Waals surface area contributed by atoms with Crippen molar-refractivity contribution in [2.24, 2.45) is 23.5 Å². The maximum Gasteiger partial charge on any atom is -0.00463 e. The van der Waals surface area contributed by atoms with Gasteiger partial charge in [-0.15, -0.1) is 0 Å². The average molecular weight is 155 g/mol. The predicted octanol–water partition coefficient (Wildman–Crippen LogP) is 2.41. The molecule has 3 atom stereocenters. The molecular weight excluding hydrogens is 134 g/mol. The zero-order chi connectivity index (χ0) is 8.27. The van der Waals surface area contributed by atoms with Crippen molar-refractivity contribution in [3.05, 3.63) is 0 Å². The van der Waals surface area contributed by atoms with Crippen LogP contribution in [0, 0.1) is 17.8 Å². The van der Waals surface area contributed by atoms with Crippen LogP contribution in [0.15, 0.2) is 0 Å². The Morgan fingerprint density at radius 3 is 2.55 bits per heavy atom. The fraction of sp³-hybridized carbons (Fsp3) is 1.00. The molecule has 1 aliphatic rings. The lowest BCUT2D eigenvalue weighted by Gasteiger charge is -2.32. The maximum absolute atomic E-state index is 5.68. The second kappa shape index (κ2) is 4.10. The second-order valence-electron chi connectivity index (χ2n) is 4.06. The van der Waals surface area contributed by atoms with Gasteiger partial charge in [0.25, 0.3) is 0 Å². The molecule has 0 aromatic carbocycles. The van der Waals surface area contributed by atoms with E-state index in [2.05, 4.69) is 13.8 Å². The summed E-state index contributed by atoms with van der Waals surface area (Å²) in [4.78, 5) is 0. The SMILES string of the molecule is CCC1CCC(CN)C(C)C1. The van der Waals surface area contributed by atoms with Gasteiger partial charge in [-0.2, -0.15) is 0 Å². The van der Waals surface area contributed by atoms with Crippen LogP contribution in [0.3, 0.4) is 0 Å². The molecule has 2 N–H and O–H groups in total. The first-order valence-corrected chi connectivity index (χ1v) is 4.98. The lowest BCUT2D eigenvalue weighted by Crippen LogP contribution is -2.28. The summed E-state index contributed by atoms with van der Waals surface area (Å²) in [6, 6.07) is 0. The molecule has 0 bridgehead atoms. The normalized spacial score (nSPS) is 39.0. The highest BCUT2D eigenvalue weighted by Crippen LogP contribution is 2.34. The van der Waals surface area contributed by atoms with Gasteiger partial charge in [0, 0.05) is 0 Å². The van der Waals surface area contributed by atoms with E-state index in [1.54, 1.807) is 0 Å². The first-order valence-electron chi connectivity index (χ1n) is 4.98. The van der Waals surface area contributed by atoms with E-state index in [1.165, 1.54) is 25.7 Å². The van der Waals surface area contributed by atoms with Gasteiger partial charge < -0.3 is 5.73 Å². The fourth-order valence-corrected chi connectivity index (χ4v) is 2.29. The van der Waals surface area contributed by atoms with Gasteiger partial charge >= 0.3 is 0 Å². The molecule has 1 fully saturated rings. The summed E-state index contributed by atoms with van der Waals surface area (Å²) in [6.45, 7) is 5.57. The molecule has 1 nitrogen and oxygen atoms in total. The molecule has 0 heterocycles. The van der Waals surface area contributed by atoms with Crippen LogP contribution in [0.4, 0.5) is 0 Å². The van der Waals surface area contributed by atoms with Crippen LogP contribution in [-0.2, 0) is 0 Å². The predicted molar refractivity (Wildman–Crippen MR) is 49.3 cm³/mol. The molecule has 0 aliphatic heterocycles. The highest BCUT2D eigenvalue weighted by atomic mass is 14.6. The zero-order valence-corrected chi connectivity index (χ0v) is 7.84. The van der Waals surface area contributed by atoms with Crippen molar-refractivity contribution < 1.29 is 0 Å². The van der Waals surface area contributed by atoms with Crippen LogP contribution in [0.1, 0.15) is 39.5 Å². The Balaban J connectivity index is 2.34. The Hall–Kier alpha value is -0.0400. The number of hydrogen-bond acceptors (Lipinski definition) is 1. The second-order valence-corrected chi connectivity index (χ2v) is 4.06. The summed E-state index contributed by atoms with van der Waals surface area (Å²) in [5.41, 5.74) is 5.68. The molecular formula is C10H21N. The quantitative estimate of drug-likeness (QED) is 0.651. The molecule has 1 rings (SSSR count). The third-order valence-electron chi connectivity index (χ3n) is 3.34. The molecule has 1 heteroatoms. The van der Waals surface area contributed by atoms with E-state index in [9.17, 15) is 0 Å².